The van der Waals surface area contributed by atoms with Crippen LogP contribution < -0.4 is 10.6 Å². The summed E-state index contributed by atoms with van der Waals surface area (Å²) in [5.41, 5.74) is 2.50. The van der Waals surface area contributed by atoms with Crippen molar-refractivity contribution in [2.45, 2.75) is 12.6 Å². The molecule has 1 atom stereocenters. The lowest BCUT2D eigenvalue weighted by molar-refractivity contribution is 0.578. The molecule has 0 spiro atoms. The number of hydrogen-bond acceptors (Lipinski definition) is 5. The molecule has 5 rings (SSSR count). The van der Waals surface area contributed by atoms with Crippen LogP contribution in [-0.2, 0) is 21.8 Å². The zero-order chi connectivity index (χ0) is 24.5. The van der Waals surface area contributed by atoms with E-state index in [4.69, 9.17) is 11.8 Å². The van der Waals surface area contributed by atoms with Gasteiger partial charge in [0, 0.05) is 11.7 Å². The lowest BCUT2D eigenvalue weighted by Gasteiger charge is -2.33. The van der Waals surface area contributed by atoms with Crippen molar-refractivity contribution < 1.29 is 8.42 Å². The van der Waals surface area contributed by atoms with Gasteiger partial charge in [0.25, 0.3) is 10.0 Å². The Morgan fingerprint density at radius 3 is 2.06 bits per heavy atom. The molecule has 8 heteroatoms. The molecule has 5 nitrogen and oxygen atoms in total. The standard InChI is InChI=1S/C27H24N3O2PS2/c1-21-11-10-12-22(19-21)27(20-35(31,32)30-26-18-9-8-17-25(26)28-29-30)33(34,23-13-4-2-5-14-23)24-15-6-3-7-16-24/h2-19,27H,20H2,1H3/t27-/m0/s1. The Morgan fingerprint density at radius 1 is 0.829 bits per heavy atom. The number of nitrogens with zero attached hydrogens (tertiary/aromatic N) is 3. The number of hydrogen-bond donors (Lipinski definition) is 0. The molecule has 0 N–H and O–H groups in total. The molecule has 4 aromatic carbocycles. The summed E-state index contributed by atoms with van der Waals surface area (Å²) >= 11 is 6.58. The molecule has 0 fully saturated rings. The molecule has 5 aromatic rings. The van der Waals surface area contributed by atoms with E-state index in [0.29, 0.717) is 11.0 Å². The second kappa shape index (κ2) is 9.50. The van der Waals surface area contributed by atoms with Gasteiger partial charge in [0.15, 0.2) is 0 Å². The van der Waals surface area contributed by atoms with Crippen LogP contribution in [0.2, 0.25) is 0 Å². The lowest BCUT2D eigenvalue weighted by Crippen LogP contribution is -2.29. The molecule has 0 bridgehead atoms. The molecule has 0 unspecified atom stereocenters. The Morgan fingerprint density at radius 2 is 1.43 bits per heavy atom. The third kappa shape index (κ3) is 4.47. The second-order valence-electron chi connectivity index (χ2n) is 8.46. The van der Waals surface area contributed by atoms with Crippen LogP contribution in [0.25, 0.3) is 11.0 Å². The minimum Gasteiger partial charge on any atom is -0.205 e. The first-order chi connectivity index (χ1) is 16.9. The van der Waals surface area contributed by atoms with Gasteiger partial charge in [-0.15, -0.1) is 9.19 Å². The predicted molar refractivity (Wildman–Crippen MR) is 147 cm³/mol. The zero-order valence-electron chi connectivity index (χ0n) is 19.1. The summed E-state index contributed by atoms with van der Waals surface area (Å²) in [5, 5.41) is 10.0. The topological polar surface area (TPSA) is 64.8 Å². The van der Waals surface area contributed by atoms with Gasteiger partial charge < -0.3 is 0 Å². The average molecular weight is 518 g/mol. The molecule has 1 heterocycles. The summed E-state index contributed by atoms with van der Waals surface area (Å²) in [5.74, 6) is -0.190. The summed E-state index contributed by atoms with van der Waals surface area (Å²) < 4.78 is 28.9. The van der Waals surface area contributed by atoms with Crippen molar-refractivity contribution in [3.05, 3.63) is 120 Å². The van der Waals surface area contributed by atoms with Gasteiger partial charge in [-0.2, -0.15) is 0 Å². The van der Waals surface area contributed by atoms with E-state index >= 15 is 0 Å². The van der Waals surface area contributed by atoms with Gasteiger partial charge in [0.05, 0.1) is 5.75 Å². The van der Waals surface area contributed by atoms with Crippen LogP contribution in [0, 0.1) is 6.92 Å². The maximum Gasteiger partial charge on any atom is 0.256 e. The Bertz CT molecular complexity index is 1590. The Balaban J connectivity index is 1.74. The number of benzene rings is 4. The van der Waals surface area contributed by atoms with E-state index in [1.165, 1.54) is 0 Å². The molecule has 0 aliphatic carbocycles. The first kappa shape index (κ1) is 23.6. The fraction of sp³-hybridized carbons (Fsp3) is 0.111. The highest BCUT2D eigenvalue weighted by Crippen LogP contribution is 2.58. The van der Waals surface area contributed by atoms with Crippen LogP contribution in [0.15, 0.2) is 109 Å². The first-order valence-corrected chi connectivity index (χ1v) is 15.7. The highest BCUT2D eigenvalue weighted by molar-refractivity contribution is 8.22. The van der Waals surface area contributed by atoms with Crippen molar-refractivity contribution in [2.24, 2.45) is 0 Å². The number of aryl methyl sites for hydroxylation is 1. The molecule has 0 saturated heterocycles. The Hall–Kier alpha value is -3.12. The highest BCUT2D eigenvalue weighted by Gasteiger charge is 2.38. The summed E-state index contributed by atoms with van der Waals surface area (Å²) in [7, 11) is -3.90. The summed E-state index contributed by atoms with van der Waals surface area (Å²) in [6.45, 7) is 2.01. The largest absolute Gasteiger partial charge is 0.256 e. The van der Waals surface area contributed by atoms with E-state index < -0.39 is 21.7 Å². The number of aromatic nitrogens is 3. The molecular weight excluding hydrogens is 493 g/mol. The number of para-hydroxylation sites is 1. The van der Waals surface area contributed by atoms with Gasteiger partial charge in [-0.1, -0.05) is 120 Å². The molecule has 0 radical (unpaired) electrons. The van der Waals surface area contributed by atoms with Crippen molar-refractivity contribution in [3.63, 3.8) is 0 Å². The van der Waals surface area contributed by atoms with E-state index in [2.05, 4.69) is 10.3 Å². The van der Waals surface area contributed by atoms with E-state index in [-0.39, 0.29) is 5.75 Å². The van der Waals surface area contributed by atoms with Gasteiger partial charge >= 0.3 is 0 Å². The number of rotatable bonds is 7. The van der Waals surface area contributed by atoms with Crippen molar-refractivity contribution in [1.82, 2.24) is 14.4 Å². The molecule has 176 valence electrons. The fourth-order valence-corrected chi connectivity index (χ4v) is 11.6. The Kier molecular flexibility index (Phi) is 6.41. The van der Waals surface area contributed by atoms with Gasteiger partial charge in [0.2, 0.25) is 0 Å². The molecule has 0 aliphatic heterocycles. The predicted octanol–water partition coefficient (Wildman–Crippen LogP) is 4.79. The van der Waals surface area contributed by atoms with Crippen LogP contribution in [-0.4, -0.2) is 28.6 Å². The van der Waals surface area contributed by atoms with Crippen LogP contribution >= 0.6 is 6.04 Å². The minimum absolute atomic E-state index is 0.190. The number of fused-ring (bicyclic) bond motifs is 1. The van der Waals surface area contributed by atoms with Crippen LogP contribution in [0.4, 0.5) is 0 Å². The second-order valence-corrected chi connectivity index (χ2v) is 15.0. The van der Waals surface area contributed by atoms with Crippen molar-refractivity contribution in [2.75, 3.05) is 5.75 Å². The van der Waals surface area contributed by atoms with Crippen molar-refractivity contribution >= 4 is 49.5 Å². The molecule has 0 amide bonds. The van der Waals surface area contributed by atoms with E-state index in [1.54, 1.807) is 18.2 Å². The molecular formula is C27H24N3O2PS2. The quantitative estimate of drug-likeness (QED) is 0.291. The van der Waals surface area contributed by atoms with E-state index in [1.807, 2.05) is 97.9 Å². The maximum atomic E-state index is 13.9. The van der Waals surface area contributed by atoms with E-state index in [9.17, 15) is 8.42 Å². The van der Waals surface area contributed by atoms with E-state index in [0.717, 1.165) is 25.8 Å². The summed E-state index contributed by atoms with van der Waals surface area (Å²) in [4.78, 5) is 0. The van der Waals surface area contributed by atoms with Crippen molar-refractivity contribution in [3.8, 4) is 0 Å². The van der Waals surface area contributed by atoms with Gasteiger partial charge in [-0.3, -0.25) is 0 Å². The first-order valence-electron chi connectivity index (χ1n) is 11.2. The van der Waals surface area contributed by atoms with Gasteiger partial charge in [-0.05, 0) is 35.2 Å². The minimum atomic E-state index is -3.90. The third-order valence-electron chi connectivity index (χ3n) is 6.10. The van der Waals surface area contributed by atoms with Crippen LogP contribution in [0.5, 0.6) is 0 Å². The smallest absolute Gasteiger partial charge is 0.205 e. The summed E-state index contributed by atoms with van der Waals surface area (Å²) in [6.07, 6.45) is 0. The van der Waals surface area contributed by atoms with Crippen LogP contribution in [0.3, 0.4) is 0 Å². The summed E-state index contributed by atoms with van der Waals surface area (Å²) in [6, 6.07) is 32.3. The Labute approximate surface area is 210 Å². The molecule has 35 heavy (non-hydrogen) atoms. The molecule has 1 aromatic heterocycles. The van der Waals surface area contributed by atoms with Crippen LogP contribution in [0.1, 0.15) is 16.8 Å². The molecule has 0 saturated carbocycles. The van der Waals surface area contributed by atoms with Gasteiger partial charge in [-0.25, -0.2) is 8.42 Å². The highest BCUT2D eigenvalue weighted by atomic mass is 32.4. The normalized spacial score (nSPS) is 13.1. The molecule has 0 aliphatic rings. The fourth-order valence-electron chi connectivity index (χ4n) is 4.42. The lowest BCUT2D eigenvalue weighted by atomic mass is 10.1. The maximum absolute atomic E-state index is 13.9. The zero-order valence-corrected chi connectivity index (χ0v) is 21.6. The SMILES string of the molecule is Cc1cccc([C@H](CS(=O)(=O)n2nnc3ccccc32)P(=S)(c2ccccc2)c2ccccc2)c1. The van der Waals surface area contributed by atoms with Gasteiger partial charge in [0.1, 0.15) is 11.0 Å². The monoisotopic (exact) mass is 517 g/mol. The third-order valence-corrected chi connectivity index (χ3v) is 13.4. The average Bonchev–Trinajstić information content (AvgIpc) is 3.33. The van der Waals surface area contributed by atoms with Crippen molar-refractivity contribution in [1.29, 1.82) is 0 Å².